The molecule has 0 aromatic heterocycles. The average molecular weight is 967 g/mol. The molecule has 0 saturated heterocycles. The SMILES string of the molecule is CCC1(CC2=Cc3c(-c4ccc(C)cc4)cccc3[CH]2[Zr]([CH3])([CH3])(=[SiH2])[CH]2C(CC3(CC)CCCCCCCC3)=Cc3c(-c4ccc(C)cc4)cccc32)CCCCCCCC1.Cl.Cl. The van der Waals surface area contributed by atoms with Gasteiger partial charge in [0.1, 0.15) is 0 Å². The summed E-state index contributed by atoms with van der Waals surface area (Å²) in [6, 6.07) is 33.8. The summed E-state index contributed by atoms with van der Waals surface area (Å²) in [6.07, 6.45) is 33.4. The predicted molar refractivity (Wildman–Crippen MR) is 278 cm³/mol. The maximum Gasteiger partial charge on any atom is -0.147 e. The number of allylic oxidation sites excluding steroid dienone is 2. The van der Waals surface area contributed by atoms with Crippen molar-refractivity contribution in [2.45, 2.75) is 173 Å². The molecule has 0 N–H and O–H groups in total. The van der Waals surface area contributed by atoms with Crippen LogP contribution in [0.1, 0.15) is 183 Å². The molecule has 4 aromatic carbocycles. The molecule has 0 nitrogen and oxygen atoms in total. The third-order valence-corrected chi connectivity index (χ3v) is 34.4. The van der Waals surface area contributed by atoms with Crippen LogP contribution in [0.25, 0.3) is 34.4 Å². The fourth-order valence-electron chi connectivity index (χ4n) is 13.5. The van der Waals surface area contributed by atoms with Gasteiger partial charge in [-0.2, -0.15) is 0 Å². The van der Waals surface area contributed by atoms with E-state index in [-0.39, 0.29) is 24.8 Å². The van der Waals surface area contributed by atoms with Gasteiger partial charge in [0.15, 0.2) is 0 Å². The van der Waals surface area contributed by atoms with Crippen LogP contribution >= 0.6 is 24.8 Å². The van der Waals surface area contributed by atoms with E-state index in [1.165, 1.54) is 162 Å². The second-order valence-corrected chi connectivity index (χ2v) is 52.4. The molecule has 0 aliphatic heterocycles. The molecule has 0 heterocycles. The van der Waals surface area contributed by atoms with Crippen LogP contribution in [-0.2, 0) is 17.4 Å². The number of rotatable bonds is 10. The Morgan fingerprint density at radius 1 is 0.484 bits per heavy atom. The van der Waals surface area contributed by atoms with E-state index >= 15 is 0 Å². The predicted octanol–water partition coefficient (Wildman–Crippen LogP) is 18.2. The first kappa shape index (κ1) is 49.5. The van der Waals surface area contributed by atoms with Crippen molar-refractivity contribution in [2.75, 3.05) is 0 Å². The molecular weight excluding hydrogens is 887 g/mol. The average Bonchev–Trinajstić information content (AvgIpc) is 3.87. The summed E-state index contributed by atoms with van der Waals surface area (Å²) in [4.78, 5) is 0. The number of aryl methyl sites for hydroxylation is 2. The fraction of sp³-hybridized carbons (Fsp3) is 0.517. The molecule has 334 valence electrons. The van der Waals surface area contributed by atoms with E-state index in [9.17, 15) is 0 Å². The third kappa shape index (κ3) is 10.2. The monoisotopic (exact) mass is 964 g/mol. The van der Waals surface area contributed by atoms with Crippen LogP contribution in [-0.4, -0.2) is 6.88 Å². The van der Waals surface area contributed by atoms with Crippen LogP contribution in [0.15, 0.2) is 96.1 Å². The Morgan fingerprint density at radius 3 is 1.13 bits per heavy atom. The van der Waals surface area contributed by atoms with Crippen molar-refractivity contribution in [3.63, 3.8) is 0 Å². The van der Waals surface area contributed by atoms with Gasteiger partial charge in [-0.3, -0.25) is 0 Å². The molecule has 2 unspecified atom stereocenters. The van der Waals surface area contributed by atoms with Gasteiger partial charge in [-0.1, -0.05) is 0 Å². The summed E-state index contributed by atoms with van der Waals surface area (Å²) in [5, 5.41) is 0. The van der Waals surface area contributed by atoms with E-state index in [0.717, 1.165) is 0 Å². The van der Waals surface area contributed by atoms with E-state index in [2.05, 4.69) is 141 Å². The summed E-state index contributed by atoms with van der Waals surface area (Å²) in [6.45, 7) is 12.2. The minimum atomic E-state index is -4.01. The zero-order chi connectivity index (χ0) is 42.0. The molecule has 62 heavy (non-hydrogen) atoms. The van der Waals surface area contributed by atoms with E-state index < -0.39 is 17.4 Å². The molecule has 8 rings (SSSR count). The number of fused-ring (bicyclic) bond motifs is 2. The number of hydrogen-bond acceptors (Lipinski definition) is 0. The minimum Gasteiger partial charge on any atom is -0.147 e. The molecule has 2 saturated carbocycles. The van der Waals surface area contributed by atoms with Gasteiger partial charge in [0.05, 0.1) is 0 Å². The van der Waals surface area contributed by atoms with Crippen molar-refractivity contribution in [2.24, 2.45) is 10.8 Å². The Balaban J connectivity index is 0.00000321. The van der Waals surface area contributed by atoms with Gasteiger partial charge in [-0.15, -0.1) is 24.8 Å². The Hall–Kier alpha value is -1.96. The summed E-state index contributed by atoms with van der Waals surface area (Å²) in [5.41, 5.74) is 19.2. The summed E-state index contributed by atoms with van der Waals surface area (Å²) < 4.78 is 6.95. The van der Waals surface area contributed by atoms with Gasteiger partial charge >= 0.3 is 372 Å². The molecule has 0 spiro atoms. The zero-order valence-corrected chi connectivity index (χ0v) is 45.1. The number of benzene rings is 4. The van der Waals surface area contributed by atoms with Crippen molar-refractivity contribution < 1.29 is 17.4 Å². The second kappa shape index (κ2) is 20.7. The Bertz CT molecular complexity index is 2100. The largest absolute Gasteiger partial charge is 0.147 e. The first-order chi connectivity index (χ1) is 28.9. The van der Waals surface area contributed by atoms with E-state index in [4.69, 9.17) is 0 Å². The topological polar surface area (TPSA) is 0 Å². The van der Waals surface area contributed by atoms with Crippen LogP contribution in [0.4, 0.5) is 0 Å². The van der Waals surface area contributed by atoms with Gasteiger partial charge in [0.2, 0.25) is 0 Å². The summed E-state index contributed by atoms with van der Waals surface area (Å²) >= 11 is -4.01. The smallest absolute Gasteiger partial charge is 0.147 e. The Morgan fingerprint density at radius 2 is 0.806 bits per heavy atom. The van der Waals surface area contributed by atoms with Gasteiger partial charge < -0.3 is 0 Å². The van der Waals surface area contributed by atoms with E-state index in [0.29, 0.717) is 18.1 Å². The van der Waals surface area contributed by atoms with Gasteiger partial charge in [-0.25, -0.2) is 0 Å². The van der Waals surface area contributed by atoms with Crippen LogP contribution in [0, 0.1) is 24.7 Å². The maximum atomic E-state index is 2.95. The normalized spacial score (nSPS) is 21.5. The molecule has 0 bridgehead atoms. The van der Waals surface area contributed by atoms with E-state index in [1.807, 2.05) is 11.1 Å². The van der Waals surface area contributed by atoms with Crippen LogP contribution in [0.2, 0.25) is 9.26 Å². The van der Waals surface area contributed by atoms with Crippen LogP contribution in [0.5, 0.6) is 0 Å². The fourth-order valence-corrected chi connectivity index (χ4v) is 33.1. The molecular formula is C58H80Cl2SiZr. The molecule has 4 aromatic rings. The minimum absolute atomic E-state index is 0. The molecule has 4 aliphatic rings. The van der Waals surface area contributed by atoms with Gasteiger partial charge in [0.25, 0.3) is 0 Å². The zero-order valence-electron chi connectivity index (χ0n) is 39.6. The summed E-state index contributed by atoms with van der Waals surface area (Å²) in [7, 11) is 0. The molecule has 4 heteroatoms. The van der Waals surface area contributed by atoms with Crippen molar-refractivity contribution >= 4 is 43.8 Å². The quantitative estimate of drug-likeness (QED) is 0.139. The van der Waals surface area contributed by atoms with Crippen molar-refractivity contribution in [3.05, 3.63) is 129 Å². The van der Waals surface area contributed by atoms with Gasteiger partial charge in [0, 0.05) is 0 Å². The van der Waals surface area contributed by atoms with Crippen LogP contribution in [0.3, 0.4) is 0 Å². The second-order valence-electron chi connectivity index (χ2n) is 21.9. The summed E-state index contributed by atoms with van der Waals surface area (Å²) in [5.74, 6) is 0. The molecule has 0 radical (unpaired) electrons. The molecule has 2 atom stereocenters. The first-order valence-electron chi connectivity index (χ1n) is 24.8. The third-order valence-electron chi connectivity index (χ3n) is 16.9. The maximum absolute atomic E-state index is 4.01. The van der Waals surface area contributed by atoms with Crippen LogP contribution < -0.4 is 0 Å². The number of halogens is 2. The van der Waals surface area contributed by atoms with Crippen molar-refractivity contribution in [1.29, 1.82) is 0 Å². The van der Waals surface area contributed by atoms with Gasteiger partial charge in [-0.05, 0) is 0 Å². The molecule has 4 aliphatic carbocycles. The van der Waals surface area contributed by atoms with Crippen molar-refractivity contribution in [1.82, 2.24) is 0 Å². The Labute approximate surface area is 393 Å². The van der Waals surface area contributed by atoms with Crippen molar-refractivity contribution in [3.8, 4) is 22.3 Å². The molecule has 2 fully saturated rings. The van der Waals surface area contributed by atoms with E-state index in [1.54, 1.807) is 22.3 Å². The first-order valence-corrected chi connectivity index (χ1v) is 38.5. The molecule has 0 amide bonds. The standard InChI is InChI=1S/2C28H35.2CH3.2ClH.H2Si.Zr/c2*1-3-28(17-8-6-4-5-7-9-18-28)21-23-19-25-11-10-12-26(27(25)20-23)24-15-13-22(2)14-16-24;;;;;;/h2*10-16,19-20H,3-9,17-18,21H2,1-2H3;2*1H3;2*1H;1H2;. The number of hydrogen-bond donors (Lipinski definition) is 0. The Kier molecular flexibility index (Phi) is 16.5.